The summed E-state index contributed by atoms with van der Waals surface area (Å²) in [7, 11) is -3.44. The summed E-state index contributed by atoms with van der Waals surface area (Å²) >= 11 is 0. The van der Waals surface area contributed by atoms with Gasteiger partial charge in [0.15, 0.2) is 0 Å². The van der Waals surface area contributed by atoms with E-state index < -0.39 is 10.1 Å². The van der Waals surface area contributed by atoms with Crippen molar-refractivity contribution in [2.75, 3.05) is 45.7 Å². The molecule has 0 atom stereocenters. The number of benzene rings is 2. The van der Waals surface area contributed by atoms with Gasteiger partial charge in [-0.05, 0) is 103 Å². The number of H-pyrrole nitrogens is 2. The average molecular weight is 740 g/mol. The number of nitrogens with zero attached hydrogens (tertiary/aromatic N) is 3. The van der Waals surface area contributed by atoms with Gasteiger partial charge in [-0.25, -0.2) is 8.78 Å². The average Bonchev–Trinajstić information content (AvgIpc) is 3.80. The van der Waals surface area contributed by atoms with Crippen molar-refractivity contribution in [1.29, 1.82) is 0 Å². The predicted molar refractivity (Wildman–Crippen MR) is 204 cm³/mol. The summed E-state index contributed by atoms with van der Waals surface area (Å²) in [5, 5.41) is 0. The first-order valence-corrected chi connectivity index (χ1v) is 19.4. The van der Waals surface area contributed by atoms with Gasteiger partial charge in [0.05, 0.1) is 26.1 Å². The molecule has 7 rings (SSSR count). The van der Waals surface area contributed by atoms with Crippen LogP contribution < -0.4 is 0 Å². The summed E-state index contributed by atoms with van der Waals surface area (Å²) in [6, 6.07) is 20.9. The number of rotatable bonds is 13. The van der Waals surface area contributed by atoms with Crippen LogP contribution in [0.15, 0.2) is 110 Å². The highest BCUT2D eigenvalue weighted by atomic mass is 32.2. The largest absolute Gasteiger partial charge is 0.379 e. The van der Waals surface area contributed by atoms with Crippen LogP contribution in [-0.4, -0.2) is 79.0 Å². The van der Waals surface area contributed by atoms with Crippen molar-refractivity contribution in [1.82, 2.24) is 24.8 Å². The molecule has 1 fully saturated rings. The molecule has 1 saturated heterocycles. The van der Waals surface area contributed by atoms with Crippen molar-refractivity contribution < 1.29 is 26.1 Å². The predicted octanol–water partition coefficient (Wildman–Crippen LogP) is 7.94. The van der Waals surface area contributed by atoms with Crippen molar-refractivity contribution in [3.05, 3.63) is 133 Å². The smallest absolute Gasteiger partial charge is 0.264 e. The number of nitrogens with one attached hydrogen (secondary N) is 2. The zero-order valence-electron chi connectivity index (χ0n) is 29.6. The van der Waals surface area contributed by atoms with E-state index in [1.807, 2.05) is 61.2 Å². The highest BCUT2D eigenvalue weighted by molar-refractivity contribution is 7.85. The van der Waals surface area contributed by atoms with Crippen LogP contribution in [-0.2, 0) is 31.9 Å². The van der Waals surface area contributed by atoms with Gasteiger partial charge in [0, 0.05) is 83.9 Å². The molecule has 0 saturated carbocycles. The molecule has 1 aliphatic rings. The van der Waals surface area contributed by atoms with Crippen molar-refractivity contribution in [2.45, 2.75) is 25.7 Å². The normalized spacial score (nSPS) is 13.4. The molecule has 53 heavy (non-hydrogen) atoms. The fraction of sp³-hybridized carbons (Fsp3) is 0.268. The highest BCUT2D eigenvalue weighted by Gasteiger charge is 2.17. The molecule has 6 aromatic rings. The minimum Gasteiger partial charge on any atom is -0.379 e. The zero-order chi connectivity index (χ0) is 37.0. The van der Waals surface area contributed by atoms with Gasteiger partial charge >= 0.3 is 0 Å². The number of ether oxygens (including phenoxy) is 1. The first-order valence-electron chi connectivity index (χ1n) is 17.6. The molecule has 0 amide bonds. The van der Waals surface area contributed by atoms with Crippen molar-refractivity contribution in [2.24, 2.45) is 0 Å². The van der Waals surface area contributed by atoms with Crippen LogP contribution in [0.1, 0.15) is 24.2 Å². The highest BCUT2D eigenvalue weighted by Crippen LogP contribution is 2.37. The van der Waals surface area contributed by atoms with Gasteiger partial charge < -0.3 is 14.7 Å². The number of hydrogen-bond donors (Lipinski definition) is 2. The third-order valence-electron chi connectivity index (χ3n) is 9.05. The van der Waals surface area contributed by atoms with E-state index in [1.54, 1.807) is 24.5 Å². The number of halogens is 2. The van der Waals surface area contributed by atoms with Crippen molar-refractivity contribution in [3.63, 3.8) is 0 Å². The van der Waals surface area contributed by atoms with Crippen LogP contribution in [0.25, 0.3) is 44.5 Å². The summed E-state index contributed by atoms with van der Waals surface area (Å²) in [6.07, 6.45) is 15.2. The van der Waals surface area contributed by atoms with Gasteiger partial charge in [0.1, 0.15) is 11.6 Å². The quantitative estimate of drug-likeness (QED) is 0.0914. The van der Waals surface area contributed by atoms with Crippen molar-refractivity contribution in [3.8, 4) is 44.5 Å². The number of morpholine rings is 1. The Bertz CT molecular complexity index is 2130. The lowest BCUT2D eigenvalue weighted by molar-refractivity contribution is 0.0374. The summed E-state index contributed by atoms with van der Waals surface area (Å²) in [4.78, 5) is 17.4. The second-order valence-corrected chi connectivity index (χ2v) is 14.4. The molecule has 0 spiro atoms. The van der Waals surface area contributed by atoms with Gasteiger partial charge in [-0.3, -0.25) is 19.1 Å². The van der Waals surface area contributed by atoms with Crippen LogP contribution in [0.2, 0.25) is 0 Å². The molecule has 5 heterocycles. The molecule has 2 aromatic carbocycles. The lowest BCUT2D eigenvalue weighted by Crippen LogP contribution is -2.36. The molecule has 0 unspecified atom stereocenters. The molecule has 0 aliphatic carbocycles. The van der Waals surface area contributed by atoms with E-state index in [1.165, 1.54) is 35.5 Å². The minimum atomic E-state index is -3.44. The second kappa shape index (κ2) is 18.2. The number of pyridine rings is 2. The molecule has 12 heteroatoms. The van der Waals surface area contributed by atoms with Crippen LogP contribution in [0, 0.1) is 11.6 Å². The Labute approximate surface area is 309 Å². The molecule has 2 N–H and O–H groups in total. The van der Waals surface area contributed by atoms with Crippen LogP contribution >= 0.6 is 0 Å². The molecule has 0 radical (unpaired) electrons. The van der Waals surface area contributed by atoms with Crippen LogP contribution in [0.5, 0.6) is 0 Å². The fourth-order valence-corrected chi connectivity index (χ4v) is 6.92. The van der Waals surface area contributed by atoms with Gasteiger partial charge in [-0.2, -0.15) is 8.42 Å². The third kappa shape index (κ3) is 10.5. The summed E-state index contributed by atoms with van der Waals surface area (Å²) < 4.78 is 59.0. The maximum Gasteiger partial charge on any atom is 0.264 e. The van der Waals surface area contributed by atoms with E-state index in [2.05, 4.69) is 24.8 Å². The van der Waals surface area contributed by atoms with E-state index in [0.29, 0.717) is 12.8 Å². The fourth-order valence-electron chi connectivity index (χ4n) is 6.50. The first kappa shape index (κ1) is 37.7. The van der Waals surface area contributed by atoms with Gasteiger partial charge in [0.2, 0.25) is 0 Å². The Morgan fingerprint density at radius 3 is 1.58 bits per heavy atom. The standard InChI is InChI=1S/C22H24FN3O.C19H19FN2O3S/c23-19-5-3-17(4-6-19)20-16-25-21(22(20)18-7-9-24-10-8-18)2-1-11-26-12-14-27-15-13-26;1-26(23,24)25-12-2-3-18-19(15-8-10-21-11-9-15)17(13-22-18)14-4-6-16(20)7-5-14/h3-10,16,25H,1-2,11-15H2;4-11,13,22H,2-3,12H2,1H3. The van der Waals surface area contributed by atoms with E-state index in [4.69, 9.17) is 8.92 Å². The third-order valence-corrected chi connectivity index (χ3v) is 9.64. The van der Waals surface area contributed by atoms with Crippen LogP contribution in [0.3, 0.4) is 0 Å². The van der Waals surface area contributed by atoms with Gasteiger partial charge in [-0.15, -0.1) is 0 Å². The van der Waals surface area contributed by atoms with Gasteiger partial charge in [-0.1, -0.05) is 24.3 Å². The lowest BCUT2D eigenvalue weighted by atomic mass is 9.96. The Balaban J connectivity index is 0.000000182. The molecular formula is C41H43F2N5O4S. The number of hydrogen-bond acceptors (Lipinski definition) is 7. The molecule has 276 valence electrons. The van der Waals surface area contributed by atoms with Gasteiger partial charge in [0.25, 0.3) is 10.1 Å². The van der Waals surface area contributed by atoms with Crippen molar-refractivity contribution >= 4 is 10.1 Å². The SMILES string of the molecule is CS(=O)(=O)OCCCc1[nH]cc(-c2ccc(F)cc2)c1-c1ccncc1.Fc1ccc(-c2c[nH]c(CCCN3CCOCC3)c2-c2ccncc2)cc1. The Morgan fingerprint density at radius 2 is 1.13 bits per heavy atom. The minimum absolute atomic E-state index is 0.125. The monoisotopic (exact) mass is 739 g/mol. The Kier molecular flexibility index (Phi) is 12.9. The maximum absolute atomic E-state index is 13.3. The molecule has 0 bridgehead atoms. The van der Waals surface area contributed by atoms with Crippen LogP contribution in [0.4, 0.5) is 8.78 Å². The van der Waals surface area contributed by atoms with E-state index in [0.717, 1.165) is 96.6 Å². The summed E-state index contributed by atoms with van der Waals surface area (Å²) in [5.74, 6) is -0.502. The van der Waals surface area contributed by atoms with E-state index in [-0.39, 0.29) is 18.2 Å². The summed E-state index contributed by atoms with van der Waals surface area (Å²) in [6.45, 7) is 4.90. The Hall–Kier alpha value is -5.01. The molecule has 1 aliphatic heterocycles. The van der Waals surface area contributed by atoms with E-state index in [9.17, 15) is 17.2 Å². The first-order chi connectivity index (χ1) is 25.7. The number of aromatic nitrogens is 4. The van der Waals surface area contributed by atoms with E-state index >= 15 is 0 Å². The topological polar surface area (TPSA) is 113 Å². The Morgan fingerprint density at radius 1 is 0.679 bits per heavy atom. The second-order valence-electron chi connectivity index (χ2n) is 12.8. The number of aryl methyl sites for hydroxylation is 2. The molecule has 9 nitrogen and oxygen atoms in total. The molecular weight excluding hydrogens is 697 g/mol. The maximum atomic E-state index is 13.3. The number of aromatic amines is 2. The lowest BCUT2D eigenvalue weighted by Gasteiger charge is -2.26. The molecule has 4 aromatic heterocycles. The summed E-state index contributed by atoms with van der Waals surface area (Å²) in [5.41, 5.74) is 10.4. The zero-order valence-corrected chi connectivity index (χ0v) is 30.4.